The lowest BCUT2D eigenvalue weighted by molar-refractivity contribution is -0.126. The Kier molecular flexibility index (Phi) is 3.38. The van der Waals surface area contributed by atoms with Crippen LogP contribution in [-0.4, -0.2) is 22.4 Å². The van der Waals surface area contributed by atoms with Crippen molar-refractivity contribution >= 4 is 35.1 Å². The Morgan fingerprint density at radius 2 is 1.85 bits per heavy atom. The largest absolute Gasteiger partial charge is 0.325 e. The van der Waals surface area contributed by atoms with Gasteiger partial charge in [0.25, 0.3) is 5.91 Å². The van der Waals surface area contributed by atoms with Gasteiger partial charge >= 0.3 is 6.03 Å². The van der Waals surface area contributed by atoms with Crippen molar-refractivity contribution in [2.75, 3.05) is 0 Å². The predicted molar refractivity (Wildman–Crippen MR) is 76.7 cm³/mol. The number of imide groups is 1. The summed E-state index contributed by atoms with van der Waals surface area (Å²) < 4.78 is 0. The molecule has 6 heteroatoms. The molecule has 1 aliphatic carbocycles. The number of hydrogen-bond donors (Lipinski definition) is 1. The Morgan fingerprint density at radius 3 is 2.50 bits per heavy atom. The minimum Gasteiger partial charge on any atom is -0.305 e. The molecule has 1 spiro atoms. The molecule has 1 aromatic rings. The second kappa shape index (κ2) is 4.93. The average Bonchev–Trinajstić information content (AvgIpc) is 2.97. The summed E-state index contributed by atoms with van der Waals surface area (Å²) in [4.78, 5) is 25.8. The van der Waals surface area contributed by atoms with Gasteiger partial charge in [-0.2, -0.15) is 0 Å². The van der Waals surface area contributed by atoms with Crippen LogP contribution in [0.1, 0.15) is 31.2 Å². The van der Waals surface area contributed by atoms with Crippen LogP contribution in [0.5, 0.6) is 0 Å². The van der Waals surface area contributed by atoms with E-state index < -0.39 is 5.54 Å². The van der Waals surface area contributed by atoms with Crippen LogP contribution in [0.4, 0.5) is 4.79 Å². The molecule has 1 heterocycles. The molecule has 20 heavy (non-hydrogen) atoms. The highest BCUT2D eigenvalue weighted by molar-refractivity contribution is 6.42. The van der Waals surface area contributed by atoms with Crippen LogP contribution >= 0.6 is 23.2 Å². The van der Waals surface area contributed by atoms with Crippen molar-refractivity contribution in [1.29, 1.82) is 0 Å². The van der Waals surface area contributed by atoms with Crippen molar-refractivity contribution < 1.29 is 9.59 Å². The van der Waals surface area contributed by atoms with Crippen molar-refractivity contribution in [3.8, 4) is 0 Å². The third-order valence-electron chi connectivity index (χ3n) is 4.16. The van der Waals surface area contributed by atoms with Gasteiger partial charge < -0.3 is 4.90 Å². The molecule has 1 saturated carbocycles. The third-order valence-corrected chi connectivity index (χ3v) is 4.90. The molecule has 1 saturated heterocycles. The quantitative estimate of drug-likeness (QED) is 0.851. The van der Waals surface area contributed by atoms with Crippen LogP contribution in [0.3, 0.4) is 0 Å². The summed E-state index contributed by atoms with van der Waals surface area (Å²) in [5.41, 5.74) is 0.207. The van der Waals surface area contributed by atoms with E-state index in [2.05, 4.69) is 5.32 Å². The van der Waals surface area contributed by atoms with Gasteiger partial charge in [0, 0.05) is 6.54 Å². The molecule has 1 aromatic carbocycles. The molecule has 0 atom stereocenters. The number of hydrogen-bond acceptors (Lipinski definition) is 2. The lowest BCUT2D eigenvalue weighted by Crippen LogP contribution is -2.46. The molecule has 2 fully saturated rings. The molecule has 0 unspecified atom stereocenters. The number of carbonyl (C=O) groups excluding carboxylic acids is 2. The fourth-order valence-corrected chi connectivity index (χ4v) is 3.42. The minimum absolute atomic E-state index is 0.167. The van der Waals surface area contributed by atoms with E-state index in [-0.39, 0.29) is 11.9 Å². The van der Waals surface area contributed by atoms with E-state index in [1.54, 1.807) is 17.0 Å². The van der Waals surface area contributed by atoms with Gasteiger partial charge in [0.2, 0.25) is 0 Å². The molecular weight excluding hydrogens is 299 g/mol. The van der Waals surface area contributed by atoms with E-state index >= 15 is 0 Å². The highest BCUT2D eigenvalue weighted by atomic mass is 35.5. The molecule has 0 bridgehead atoms. The molecule has 106 valence electrons. The predicted octanol–water partition coefficient (Wildman–Crippen LogP) is 3.36. The molecule has 4 nitrogen and oxygen atoms in total. The molecule has 0 radical (unpaired) electrons. The van der Waals surface area contributed by atoms with Crippen LogP contribution in [0.25, 0.3) is 0 Å². The van der Waals surface area contributed by atoms with Crippen molar-refractivity contribution in [2.24, 2.45) is 0 Å². The van der Waals surface area contributed by atoms with Gasteiger partial charge in [-0.1, -0.05) is 42.1 Å². The number of nitrogens with one attached hydrogen (secondary N) is 1. The Balaban J connectivity index is 1.89. The van der Waals surface area contributed by atoms with E-state index in [0.29, 0.717) is 16.6 Å². The van der Waals surface area contributed by atoms with Crippen molar-refractivity contribution in [3.63, 3.8) is 0 Å². The second-order valence-electron chi connectivity index (χ2n) is 5.33. The number of halogens is 2. The van der Waals surface area contributed by atoms with Crippen LogP contribution < -0.4 is 5.32 Å². The standard InChI is InChI=1S/C14H14Cl2N2O2/c15-10-4-3-9(7-11(10)16)8-18-13(20)17-12(19)14(18)5-1-2-6-14/h3-4,7H,1-2,5-6,8H2,(H,17,19,20). The third kappa shape index (κ3) is 2.07. The normalized spacial score (nSPS) is 20.8. The maximum Gasteiger partial charge on any atom is 0.325 e. The fourth-order valence-electron chi connectivity index (χ4n) is 3.10. The molecule has 1 N–H and O–H groups in total. The summed E-state index contributed by atoms with van der Waals surface area (Å²) in [7, 11) is 0. The van der Waals surface area contributed by atoms with E-state index in [0.717, 1.165) is 31.2 Å². The first-order valence-electron chi connectivity index (χ1n) is 6.60. The zero-order valence-electron chi connectivity index (χ0n) is 10.8. The summed E-state index contributed by atoms with van der Waals surface area (Å²) in [5.74, 6) is -0.167. The maximum atomic E-state index is 12.1. The number of urea groups is 1. The first-order valence-corrected chi connectivity index (χ1v) is 7.35. The Morgan fingerprint density at radius 1 is 1.15 bits per heavy atom. The van der Waals surface area contributed by atoms with Gasteiger partial charge in [-0.3, -0.25) is 10.1 Å². The monoisotopic (exact) mass is 312 g/mol. The highest BCUT2D eigenvalue weighted by Crippen LogP contribution is 2.39. The van der Waals surface area contributed by atoms with E-state index in [9.17, 15) is 9.59 Å². The van der Waals surface area contributed by atoms with Crippen LogP contribution in [0.2, 0.25) is 10.0 Å². The van der Waals surface area contributed by atoms with E-state index in [1.165, 1.54) is 0 Å². The van der Waals surface area contributed by atoms with Gasteiger partial charge in [0.1, 0.15) is 5.54 Å². The number of rotatable bonds is 2. The zero-order valence-corrected chi connectivity index (χ0v) is 12.3. The summed E-state index contributed by atoms with van der Waals surface area (Å²) in [5, 5.41) is 3.37. The molecule has 1 aliphatic heterocycles. The van der Waals surface area contributed by atoms with Crippen molar-refractivity contribution in [3.05, 3.63) is 33.8 Å². The molecule has 2 aliphatic rings. The average molecular weight is 313 g/mol. The lowest BCUT2D eigenvalue weighted by atomic mass is 9.95. The minimum atomic E-state index is -0.663. The fraction of sp³-hybridized carbons (Fsp3) is 0.429. The topological polar surface area (TPSA) is 49.4 Å². The summed E-state index contributed by atoms with van der Waals surface area (Å²) in [6.45, 7) is 0.370. The number of nitrogens with zero attached hydrogens (tertiary/aromatic N) is 1. The van der Waals surface area contributed by atoms with Crippen molar-refractivity contribution in [1.82, 2.24) is 10.2 Å². The Labute approximate surface area is 127 Å². The van der Waals surface area contributed by atoms with Gasteiger partial charge in [0.05, 0.1) is 10.0 Å². The number of benzene rings is 1. The Bertz CT molecular complexity index is 583. The van der Waals surface area contributed by atoms with Crippen molar-refractivity contribution in [2.45, 2.75) is 37.8 Å². The smallest absolute Gasteiger partial charge is 0.305 e. The second-order valence-corrected chi connectivity index (χ2v) is 6.15. The zero-order chi connectivity index (χ0) is 14.3. The first-order chi connectivity index (χ1) is 9.53. The first kappa shape index (κ1) is 13.7. The Hall–Kier alpha value is -1.26. The summed E-state index contributed by atoms with van der Waals surface area (Å²) >= 11 is 11.9. The van der Waals surface area contributed by atoms with Gasteiger partial charge in [-0.25, -0.2) is 4.79 Å². The number of carbonyl (C=O) groups is 2. The molecule has 3 rings (SSSR count). The molecule has 0 aromatic heterocycles. The van der Waals surface area contributed by atoms with E-state index in [4.69, 9.17) is 23.2 Å². The SMILES string of the molecule is O=C1NC(=O)C2(CCCC2)N1Cc1ccc(Cl)c(Cl)c1. The van der Waals surface area contributed by atoms with Crippen LogP contribution in [-0.2, 0) is 11.3 Å². The van der Waals surface area contributed by atoms with Gasteiger partial charge in [0.15, 0.2) is 0 Å². The van der Waals surface area contributed by atoms with Gasteiger partial charge in [-0.05, 0) is 30.5 Å². The van der Waals surface area contributed by atoms with Crippen LogP contribution in [0, 0.1) is 0 Å². The molecular formula is C14H14Cl2N2O2. The van der Waals surface area contributed by atoms with Crippen LogP contribution in [0.15, 0.2) is 18.2 Å². The molecule has 3 amide bonds. The van der Waals surface area contributed by atoms with Gasteiger partial charge in [-0.15, -0.1) is 0 Å². The number of amides is 3. The van der Waals surface area contributed by atoms with E-state index in [1.807, 2.05) is 6.07 Å². The highest BCUT2D eigenvalue weighted by Gasteiger charge is 2.53. The maximum absolute atomic E-state index is 12.1. The summed E-state index contributed by atoms with van der Waals surface area (Å²) in [6, 6.07) is 4.95. The summed E-state index contributed by atoms with van der Waals surface area (Å²) in [6.07, 6.45) is 3.40. The lowest BCUT2D eigenvalue weighted by Gasteiger charge is -2.31.